The normalized spacial score (nSPS) is 11.9. The molecule has 0 aliphatic rings. The number of benzene rings is 3. The molecule has 1 heterocycles. The monoisotopic (exact) mass is 558 g/mol. The van der Waals surface area contributed by atoms with Crippen molar-refractivity contribution in [3.8, 4) is 11.1 Å². The molecule has 0 bridgehead atoms. The van der Waals surface area contributed by atoms with Crippen LogP contribution in [0.15, 0.2) is 79.0 Å². The Hall–Kier alpha value is -4.18. The lowest BCUT2D eigenvalue weighted by molar-refractivity contribution is -0.143. The van der Waals surface area contributed by atoms with Crippen molar-refractivity contribution in [1.29, 1.82) is 0 Å². The molecule has 2 N–H and O–H groups in total. The number of nitrogens with zero attached hydrogens (tertiary/aromatic N) is 1. The van der Waals surface area contributed by atoms with Gasteiger partial charge in [-0.15, -0.1) is 0 Å². The second-order valence-electron chi connectivity index (χ2n) is 9.28. The Balaban J connectivity index is 1.65. The summed E-state index contributed by atoms with van der Waals surface area (Å²) in [7, 11) is 0. The number of aliphatic hydroxyl groups is 1. The molecule has 3 aromatic carbocycles. The van der Waals surface area contributed by atoms with Gasteiger partial charge in [0.25, 0.3) is 5.91 Å². The van der Waals surface area contributed by atoms with E-state index in [0.717, 1.165) is 22.3 Å². The van der Waals surface area contributed by atoms with Crippen LogP contribution in [0.5, 0.6) is 0 Å². The van der Waals surface area contributed by atoms with Crippen molar-refractivity contribution in [2.75, 3.05) is 0 Å². The van der Waals surface area contributed by atoms with Crippen molar-refractivity contribution in [3.05, 3.63) is 124 Å². The zero-order chi connectivity index (χ0) is 29.1. The number of aromatic nitrogens is 1. The van der Waals surface area contributed by atoms with Crippen LogP contribution in [-0.4, -0.2) is 16.0 Å². The molecule has 0 saturated heterocycles. The molecule has 0 unspecified atom stereocenters. The van der Waals surface area contributed by atoms with Gasteiger partial charge in [-0.25, -0.2) is 0 Å². The zero-order valence-corrected chi connectivity index (χ0v) is 21.2. The summed E-state index contributed by atoms with van der Waals surface area (Å²) in [5.41, 5.74) is 1.29. The molecule has 1 amide bonds. The maximum Gasteiger partial charge on any atom is 0.416 e. The summed E-state index contributed by atoms with van der Waals surface area (Å²) in [5.74, 6) is -0.699. The molecule has 0 aliphatic carbocycles. The molecule has 10 heteroatoms. The van der Waals surface area contributed by atoms with Crippen LogP contribution in [0.25, 0.3) is 11.1 Å². The van der Waals surface area contributed by atoms with Crippen LogP contribution in [0.1, 0.15) is 49.4 Å². The van der Waals surface area contributed by atoms with E-state index in [1.165, 1.54) is 6.20 Å². The molecular formula is C30H24F6N2O2. The molecule has 4 rings (SSSR count). The quantitative estimate of drug-likeness (QED) is 0.238. The van der Waals surface area contributed by atoms with Gasteiger partial charge in [0.15, 0.2) is 0 Å². The van der Waals surface area contributed by atoms with E-state index in [-0.39, 0.29) is 23.8 Å². The summed E-state index contributed by atoms with van der Waals surface area (Å²) in [5, 5.41) is 11.7. The fourth-order valence-corrected chi connectivity index (χ4v) is 4.24. The van der Waals surface area contributed by atoms with Crippen molar-refractivity contribution in [2.24, 2.45) is 0 Å². The van der Waals surface area contributed by atoms with E-state index in [0.29, 0.717) is 29.8 Å². The van der Waals surface area contributed by atoms with Gasteiger partial charge in [-0.1, -0.05) is 48.5 Å². The number of carbonyl (C=O) groups is 1. The molecule has 0 aliphatic heterocycles. The van der Waals surface area contributed by atoms with Crippen molar-refractivity contribution >= 4 is 5.91 Å². The van der Waals surface area contributed by atoms with Crippen molar-refractivity contribution in [1.82, 2.24) is 10.3 Å². The van der Waals surface area contributed by atoms with Crippen LogP contribution in [0.4, 0.5) is 26.3 Å². The number of rotatable bonds is 7. The topological polar surface area (TPSA) is 62.2 Å². The molecule has 4 nitrogen and oxygen atoms in total. The van der Waals surface area contributed by atoms with Gasteiger partial charge in [0.05, 0.1) is 23.3 Å². The van der Waals surface area contributed by atoms with Gasteiger partial charge in [-0.3, -0.25) is 9.78 Å². The first-order valence-corrected chi connectivity index (χ1v) is 12.2. The maximum absolute atomic E-state index is 13.2. The summed E-state index contributed by atoms with van der Waals surface area (Å²) in [6.07, 6.45) is -8.20. The van der Waals surface area contributed by atoms with Crippen molar-refractivity contribution in [3.63, 3.8) is 0 Å². The Kier molecular flexibility index (Phi) is 8.29. The Morgan fingerprint density at radius 2 is 1.40 bits per heavy atom. The minimum absolute atomic E-state index is 0.0433. The van der Waals surface area contributed by atoms with E-state index in [4.69, 9.17) is 0 Å². The summed E-state index contributed by atoms with van der Waals surface area (Å²) in [4.78, 5) is 17.6. The number of amides is 1. The van der Waals surface area contributed by atoms with Gasteiger partial charge < -0.3 is 10.4 Å². The largest absolute Gasteiger partial charge is 0.416 e. The third-order valence-electron chi connectivity index (χ3n) is 6.33. The Morgan fingerprint density at radius 1 is 0.800 bits per heavy atom. The first-order valence-electron chi connectivity index (χ1n) is 12.2. The van der Waals surface area contributed by atoms with Crippen molar-refractivity contribution < 1.29 is 36.2 Å². The van der Waals surface area contributed by atoms with Gasteiger partial charge in [0.2, 0.25) is 0 Å². The maximum atomic E-state index is 13.2. The van der Waals surface area contributed by atoms with E-state index in [1.54, 1.807) is 24.3 Å². The molecule has 208 valence electrons. The van der Waals surface area contributed by atoms with Gasteiger partial charge >= 0.3 is 12.4 Å². The lowest BCUT2D eigenvalue weighted by Gasteiger charge is -2.16. The third-order valence-corrected chi connectivity index (χ3v) is 6.33. The predicted octanol–water partition coefficient (Wildman–Crippen LogP) is 7.11. The minimum Gasteiger partial charge on any atom is -0.392 e. The van der Waals surface area contributed by atoms with Gasteiger partial charge in [0, 0.05) is 24.9 Å². The predicted molar refractivity (Wildman–Crippen MR) is 137 cm³/mol. The molecule has 4 aromatic rings. The van der Waals surface area contributed by atoms with Crippen LogP contribution >= 0.6 is 0 Å². The first kappa shape index (κ1) is 28.8. The van der Waals surface area contributed by atoms with E-state index >= 15 is 0 Å². The minimum atomic E-state index is -4.99. The first-order chi connectivity index (χ1) is 18.8. The number of pyridine rings is 1. The number of hydrogen-bond acceptors (Lipinski definition) is 3. The molecule has 0 saturated carbocycles. The van der Waals surface area contributed by atoms with E-state index in [9.17, 15) is 36.2 Å². The molecular weight excluding hydrogens is 534 g/mol. The Bertz CT molecular complexity index is 1480. The Morgan fingerprint density at radius 3 is 1.98 bits per heavy atom. The van der Waals surface area contributed by atoms with E-state index in [2.05, 4.69) is 10.3 Å². The lowest BCUT2D eigenvalue weighted by Crippen LogP contribution is -2.24. The molecule has 40 heavy (non-hydrogen) atoms. The summed E-state index contributed by atoms with van der Waals surface area (Å²) in [6, 6.07) is 17.5. The van der Waals surface area contributed by atoms with E-state index in [1.807, 2.05) is 37.3 Å². The zero-order valence-electron chi connectivity index (χ0n) is 21.2. The van der Waals surface area contributed by atoms with Gasteiger partial charge in [-0.2, -0.15) is 26.3 Å². The highest BCUT2D eigenvalue weighted by Gasteiger charge is 2.36. The smallest absolute Gasteiger partial charge is 0.392 e. The standard InChI is InChI=1S/C30H24F6N2O2/c1-18-4-2-3-5-25(18)26-14-24(12-19-6-8-20(17-39)9-7-19)37-16-27(26)28(40)38-15-21-10-22(29(31,32)33)13-23(11-21)30(34,35)36/h2-11,13-14,16,39H,12,15,17H2,1H3,(H,38,40). The SMILES string of the molecule is Cc1ccccc1-c1cc(Cc2ccc(CO)cc2)ncc1C(=O)NCc1cc(C(F)(F)F)cc(C(F)(F)F)c1. The average Bonchev–Trinajstić information content (AvgIpc) is 2.91. The third kappa shape index (κ3) is 6.87. The van der Waals surface area contributed by atoms with Crippen molar-refractivity contribution in [2.45, 2.75) is 38.8 Å². The Labute approximate surface area is 226 Å². The number of halogens is 6. The van der Waals surface area contributed by atoms with Gasteiger partial charge in [0.1, 0.15) is 0 Å². The van der Waals surface area contributed by atoms with Crippen LogP contribution in [0, 0.1) is 6.92 Å². The highest BCUT2D eigenvalue weighted by Crippen LogP contribution is 2.36. The highest BCUT2D eigenvalue weighted by atomic mass is 19.4. The number of aliphatic hydroxyl groups excluding tert-OH is 1. The van der Waals surface area contributed by atoms with Gasteiger partial charge in [-0.05, 0) is 64.6 Å². The highest BCUT2D eigenvalue weighted by molar-refractivity contribution is 6.01. The van der Waals surface area contributed by atoms with E-state index < -0.39 is 35.9 Å². The number of aryl methyl sites for hydroxylation is 1. The molecule has 0 radical (unpaired) electrons. The molecule has 0 atom stereocenters. The molecule has 0 spiro atoms. The number of hydrogen-bond donors (Lipinski definition) is 2. The fraction of sp³-hybridized carbons (Fsp3) is 0.200. The lowest BCUT2D eigenvalue weighted by atomic mass is 9.95. The second kappa shape index (κ2) is 11.5. The number of nitrogens with one attached hydrogen (secondary N) is 1. The van der Waals surface area contributed by atoms with Crippen LogP contribution in [0.3, 0.4) is 0 Å². The molecule has 0 fully saturated rings. The number of carbonyl (C=O) groups excluding carboxylic acids is 1. The second-order valence-corrected chi connectivity index (χ2v) is 9.28. The summed E-state index contributed by atoms with van der Waals surface area (Å²) < 4.78 is 79.4. The summed E-state index contributed by atoms with van der Waals surface area (Å²) >= 11 is 0. The fourth-order valence-electron chi connectivity index (χ4n) is 4.24. The average molecular weight is 559 g/mol. The molecule has 1 aromatic heterocycles. The number of alkyl halides is 6. The summed E-state index contributed by atoms with van der Waals surface area (Å²) in [6.45, 7) is 1.21. The van der Waals surface area contributed by atoms with Crippen LogP contribution in [0.2, 0.25) is 0 Å². The van der Waals surface area contributed by atoms with Crippen LogP contribution < -0.4 is 5.32 Å². The van der Waals surface area contributed by atoms with Crippen LogP contribution in [-0.2, 0) is 31.9 Å².